The summed E-state index contributed by atoms with van der Waals surface area (Å²) in [7, 11) is 0. The molecule has 1 saturated carbocycles. The number of hydrogen-bond donors (Lipinski definition) is 4. The highest BCUT2D eigenvalue weighted by Gasteiger charge is 2.26. The topological polar surface area (TPSA) is 130 Å². The Bertz CT molecular complexity index is 1360. The molecule has 0 atom stereocenters. The molecule has 1 aliphatic carbocycles. The Balaban J connectivity index is 1.33. The van der Waals surface area contributed by atoms with E-state index in [0.29, 0.717) is 27.7 Å². The van der Waals surface area contributed by atoms with Crippen molar-refractivity contribution >= 4 is 46.6 Å². The van der Waals surface area contributed by atoms with E-state index in [-0.39, 0.29) is 30.2 Å². The van der Waals surface area contributed by atoms with Crippen molar-refractivity contribution in [1.29, 1.82) is 0 Å². The molecule has 0 spiro atoms. The predicted octanol–water partition coefficient (Wildman–Crippen LogP) is 1.94. The van der Waals surface area contributed by atoms with Crippen molar-refractivity contribution in [3.05, 3.63) is 40.4 Å². The summed E-state index contributed by atoms with van der Waals surface area (Å²) in [5.41, 5.74) is 2.35. The molecule has 3 aliphatic rings. The van der Waals surface area contributed by atoms with Crippen LogP contribution in [0.2, 0.25) is 0 Å². The van der Waals surface area contributed by atoms with Gasteiger partial charge in [-0.25, -0.2) is 4.98 Å². The van der Waals surface area contributed by atoms with E-state index < -0.39 is 0 Å². The lowest BCUT2D eigenvalue weighted by atomic mass is 10.1. The number of piperidine rings is 1. The van der Waals surface area contributed by atoms with Crippen LogP contribution in [0.4, 0.5) is 5.82 Å². The second-order valence-electron chi connectivity index (χ2n) is 9.17. The van der Waals surface area contributed by atoms with Gasteiger partial charge < -0.3 is 16.0 Å². The minimum atomic E-state index is -0.385. The molecule has 10 nitrogen and oxygen atoms in total. The molecule has 3 aromatic rings. The van der Waals surface area contributed by atoms with E-state index in [9.17, 15) is 14.4 Å². The first kappa shape index (κ1) is 21.9. The molecule has 5 heterocycles. The van der Waals surface area contributed by atoms with E-state index in [1.807, 2.05) is 18.2 Å². The number of hydrogen-bond acceptors (Lipinski definition) is 8. The molecule has 3 amide bonds. The van der Waals surface area contributed by atoms with Crippen LogP contribution < -0.4 is 21.3 Å². The van der Waals surface area contributed by atoms with Gasteiger partial charge in [0.05, 0.1) is 28.1 Å². The van der Waals surface area contributed by atoms with Crippen LogP contribution in [0.3, 0.4) is 0 Å². The van der Waals surface area contributed by atoms with Crippen LogP contribution >= 0.6 is 11.3 Å². The Morgan fingerprint density at radius 2 is 1.97 bits per heavy atom. The molecule has 0 aromatic carbocycles. The van der Waals surface area contributed by atoms with Crippen molar-refractivity contribution in [2.24, 2.45) is 0 Å². The van der Waals surface area contributed by atoms with Crippen molar-refractivity contribution in [2.75, 3.05) is 18.4 Å². The summed E-state index contributed by atoms with van der Waals surface area (Å²) in [5.74, 6) is 0.0521. The molecular weight excluding hydrogens is 466 g/mol. The van der Waals surface area contributed by atoms with E-state index in [4.69, 9.17) is 4.98 Å². The molecule has 180 valence electrons. The molecule has 3 aromatic heterocycles. The highest BCUT2D eigenvalue weighted by Crippen LogP contribution is 2.32. The number of nitrogens with one attached hydrogen (secondary N) is 4. The third kappa shape index (κ3) is 4.56. The number of nitrogens with zero attached hydrogens (tertiary/aromatic N) is 3. The zero-order chi connectivity index (χ0) is 23.9. The van der Waals surface area contributed by atoms with Crippen molar-refractivity contribution in [3.8, 4) is 10.6 Å². The van der Waals surface area contributed by atoms with Gasteiger partial charge in [-0.15, -0.1) is 11.3 Å². The highest BCUT2D eigenvalue weighted by atomic mass is 32.1. The van der Waals surface area contributed by atoms with Gasteiger partial charge in [-0.3, -0.25) is 19.7 Å². The van der Waals surface area contributed by atoms with Crippen LogP contribution in [0.1, 0.15) is 47.3 Å². The number of carbonyl (C=O) groups excluding carboxylic acids is 3. The highest BCUT2D eigenvalue weighted by molar-refractivity contribution is 7.17. The van der Waals surface area contributed by atoms with Crippen LogP contribution in [0.25, 0.3) is 22.3 Å². The van der Waals surface area contributed by atoms with E-state index in [1.54, 1.807) is 16.8 Å². The smallest absolute Gasteiger partial charge is 0.261 e. The summed E-state index contributed by atoms with van der Waals surface area (Å²) in [6.07, 6.45) is 7.43. The summed E-state index contributed by atoms with van der Waals surface area (Å²) in [6, 6.07) is 6.29. The number of rotatable bonds is 6. The third-order valence-corrected chi connectivity index (χ3v) is 7.52. The van der Waals surface area contributed by atoms with Gasteiger partial charge in [-0.1, -0.05) is 0 Å². The minimum absolute atomic E-state index is 0.0451. The summed E-state index contributed by atoms with van der Waals surface area (Å²) in [5, 5.41) is 16.7. The summed E-state index contributed by atoms with van der Waals surface area (Å²) >= 11 is 1.40. The molecule has 35 heavy (non-hydrogen) atoms. The molecule has 0 radical (unpaired) electrons. The van der Waals surface area contributed by atoms with Crippen molar-refractivity contribution in [1.82, 2.24) is 30.5 Å². The normalized spacial score (nSPS) is 19.9. The maximum absolute atomic E-state index is 12.8. The second kappa shape index (κ2) is 8.90. The van der Waals surface area contributed by atoms with Crippen LogP contribution in [-0.4, -0.2) is 57.5 Å². The first-order valence-corrected chi connectivity index (χ1v) is 12.7. The fraction of sp³-hybridized carbons (Fsp3) is 0.375. The van der Waals surface area contributed by atoms with Crippen LogP contribution in [0.5, 0.6) is 0 Å². The number of aromatic nitrogens is 3. The number of thiophene rings is 1. The van der Waals surface area contributed by atoms with Gasteiger partial charge in [0.2, 0.25) is 5.91 Å². The zero-order valence-corrected chi connectivity index (χ0v) is 19.8. The Hall–Kier alpha value is -3.57. The minimum Gasteiger partial charge on any atom is -0.367 e. The summed E-state index contributed by atoms with van der Waals surface area (Å²) in [6.45, 7) is 1.84. The lowest BCUT2D eigenvalue weighted by Crippen LogP contribution is -2.42. The van der Waals surface area contributed by atoms with Crippen molar-refractivity contribution < 1.29 is 14.4 Å². The molecule has 2 saturated heterocycles. The van der Waals surface area contributed by atoms with Gasteiger partial charge in [0.15, 0.2) is 5.65 Å². The fourth-order valence-corrected chi connectivity index (χ4v) is 5.25. The zero-order valence-electron chi connectivity index (χ0n) is 19.0. The molecule has 11 heteroatoms. The standard InChI is InChI=1S/C24H25N7O3S/c32-21-10-13(23(33)30-21)9-14-12-26-31-20(27-15-1-2-15)11-17(29-22(14)31)18-3-4-19(35-18)24(34)28-16-5-7-25-8-6-16/h3-4,9,11-12,15-16,25,27H,1-2,5-8,10H2,(H,28,34)(H,30,32,33)/b13-9+. The Morgan fingerprint density at radius 3 is 2.71 bits per heavy atom. The van der Waals surface area contributed by atoms with Gasteiger partial charge in [0.1, 0.15) is 5.82 Å². The molecule has 0 bridgehead atoms. The number of carbonyl (C=O) groups is 3. The Labute approximate surface area is 205 Å². The molecule has 2 aliphatic heterocycles. The largest absolute Gasteiger partial charge is 0.367 e. The number of anilines is 1. The molecular formula is C24H25N7O3S. The second-order valence-corrected chi connectivity index (χ2v) is 10.2. The van der Waals surface area contributed by atoms with Gasteiger partial charge in [-0.2, -0.15) is 9.61 Å². The predicted molar refractivity (Wildman–Crippen MR) is 132 cm³/mol. The lowest BCUT2D eigenvalue weighted by molar-refractivity contribution is -0.124. The van der Waals surface area contributed by atoms with E-state index in [1.165, 1.54) is 11.3 Å². The lowest BCUT2D eigenvalue weighted by Gasteiger charge is -2.23. The number of amides is 3. The van der Waals surface area contributed by atoms with Crippen LogP contribution in [-0.2, 0) is 9.59 Å². The fourth-order valence-electron chi connectivity index (χ4n) is 4.38. The Kier molecular flexibility index (Phi) is 5.57. The Morgan fingerprint density at radius 1 is 1.14 bits per heavy atom. The first-order valence-electron chi connectivity index (χ1n) is 11.9. The maximum Gasteiger partial charge on any atom is 0.261 e. The monoisotopic (exact) mass is 491 g/mol. The quantitative estimate of drug-likeness (QED) is 0.306. The first-order chi connectivity index (χ1) is 17.0. The van der Waals surface area contributed by atoms with Crippen molar-refractivity contribution in [3.63, 3.8) is 0 Å². The maximum atomic E-state index is 12.8. The third-order valence-electron chi connectivity index (χ3n) is 6.41. The van der Waals surface area contributed by atoms with Gasteiger partial charge in [0.25, 0.3) is 11.8 Å². The van der Waals surface area contributed by atoms with Gasteiger partial charge in [-0.05, 0) is 57.0 Å². The average Bonchev–Trinajstić information content (AvgIpc) is 3.23. The van der Waals surface area contributed by atoms with Gasteiger partial charge in [0, 0.05) is 29.3 Å². The SMILES string of the molecule is O=C1C/C(=C\c2cnn3c(NC4CC4)cc(-c4ccc(C(=O)NC5CCNCC5)s4)nc23)C(=O)N1. The average molecular weight is 492 g/mol. The van der Waals surface area contributed by atoms with E-state index in [0.717, 1.165) is 55.2 Å². The van der Waals surface area contributed by atoms with Crippen LogP contribution in [0.15, 0.2) is 30.0 Å². The molecule has 0 unspecified atom stereocenters. The molecule has 3 fully saturated rings. The summed E-state index contributed by atoms with van der Waals surface area (Å²) < 4.78 is 1.72. The van der Waals surface area contributed by atoms with Gasteiger partial charge >= 0.3 is 0 Å². The number of fused-ring (bicyclic) bond motifs is 1. The summed E-state index contributed by atoms with van der Waals surface area (Å²) in [4.78, 5) is 42.8. The van der Waals surface area contributed by atoms with E-state index >= 15 is 0 Å². The molecule has 4 N–H and O–H groups in total. The number of imide groups is 1. The van der Waals surface area contributed by atoms with Crippen molar-refractivity contribution in [2.45, 2.75) is 44.2 Å². The molecule has 6 rings (SSSR count). The van der Waals surface area contributed by atoms with Crippen LogP contribution in [0, 0.1) is 0 Å². The van der Waals surface area contributed by atoms with E-state index in [2.05, 4.69) is 26.4 Å².